The molecule has 0 aliphatic rings. The average molecular weight is 439 g/mol. The highest BCUT2D eigenvalue weighted by molar-refractivity contribution is 7.92. The first-order valence-corrected chi connectivity index (χ1v) is 11.5. The number of aryl methyl sites for hydroxylation is 2. The Morgan fingerprint density at radius 3 is 2.45 bits per heavy atom. The summed E-state index contributed by atoms with van der Waals surface area (Å²) in [5.74, 6) is 0.514. The Morgan fingerprint density at radius 1 is 0.968 bits per heavy atom. The molecule has 3 aromatic carbocycles. The van der Waals surface area contributed by atoms with Gasteiger partial charge in [0, 0.05) is 17.8 Å². The third-order valence-electron chi connectivity index (χ3n) is 4.81. The van der Waals surface area contributed by atoms with Crippen LogP contribution in [0.5, 0.6) is 5.75 Å². The molecule has 0 spiro atoms. The van der Waals surface area contributed by atoms with Crippen molar-refractivity contribution in [2.75, 3.05) is 18.4 Å². The van der Waals surface area contributed by atoms with Gasteiger partial charge in [-0.25, -0.2) is 8.42 Å². The summed E-state index contributed by atoms with van der Waals surface area (Å²) in [6, 6.07) is 20.8. The molecule has 0 atom stereocenters. The number of sulfonamides is 1. The Labute approximate surface area is 183 Å². The van der Waals surface area contributed by atoms with Crippen LogP contribution in [0.2, 0.25) is 0 Å². The van der Waals surface area contributed by atoms with E-state index in [1.54, 1.807) is 31.4 Å². The minimum Gasteiger partial charge on any atom is -0.496 e. The monoisotopic (exact) mass is 438 g/mol. The Kier molecular flexibility index (Phi) is 7.31. The van der Waals surface area contributed by atoms with Crippen molar-refractivity contribution in [2.24, 2.45) is 0 Å². The summed E-state index contributed by atoms with van der Waals surface area (Å²) in [6.07, 6.45) is 1.50. The molecule has 3 rings (SSSR count). The molecule has 0 aliphatic carbocycles. The Balaban J connectivity index is 1.59. The van der Waals surface area contributed by atoms with Gasteiger partial charge in [0.2, 0.25) is 0 Å². The molecule has 162 valence electrons. The number of methoxy groups -OCH3 is 1. The van der Waals surface area contributed by atoms with Gasteiger partial charge in [0.15, 0.2) is 0 Å². The van der Waals surface area contributed by atoms with Gasteiger partial charge in [-0.05, 0) is 61.7 Å². The predicted molar refractivity (Wildman–Crippen MR) is 122 cm³/mol. The van der Waals surface area contributed by atoms with Crippen LogP contribution >= 0.6 is 0 Å². The molecule has 0 radical (unpaired) electrons. The maximum Gasteiger partial charge on any atom is 0.261 e. The molecular formula is C24H26N2O4S. The molecule has 0 fully saturated rings. The molecule has 2 N–H and O–H groups in total. The molecular weight excluding hydrogens is 412 g/mol. The smallest absolute Gasteiger partial charge is 0.261 e. The number of carbonyl (C=O) groups is 1. The van der Waals surface area contributed by atoms with Crippen molar-refractivity contribution in [3.8, 4) is 5.75 Å². The second-order valence-electron chi connectivity index (χ2n) is 7.17. The molecule has 0 saturated carbocycles. The summed E-state index contributed by atoms with van der Waals surface area (Å²) >= 11 is 0. The van der Waals surface area contributed by atoms with Crippen molar-refractivity contribution in [3.63, 3.8) is 0 Å². The van der Waals surface area contributed by atoms with Crippen LogP contribution in [-0.2, 0) is 16.4 Å². The van der Waals surface area contributed by atoms with Gasteiger partial charge in [0.05, 0.1) is 12.0 Å². The fraction of sp³-hybridized carbons (Fsp3) is 0.208. The number of nitrogens with one attached hydrogen (secondary N) is 2. The van der Waals surface area contributed by atoms with Crippen LogP contribution in [0.15, 0.2) is 77.7 Å². The van der Waals surface area contributed by atoms with E-state index in [9.17, 15) is 13.2 Å². The average Bonchev–Trinajstić information content (AvgIpc) is 2.78. The number of benzene rings is 3. The first-order chi connectivity index (χ1) is 14.9. The fourth-order valence-electron chi connectivity index (χ4n) is 3.13. The Bertz CT molecular complexity index is 1140. The molecule has 0 aromatic heterocycles. The van der Waals surface area contributed by atoms with Crippen molar-refractivity contribution in [1.29, 1.82) is 0 Å². The molecule has 7 heteroatoms. The van der Waals surface area contributed by atoms with Gasteiger partial charge < -0.3 is 10.1 Å². The van der Waals surface area contributed by atoms with Gasteiger partial charge in [-0.15, -0.1) is 0 Å². The largest absolute Gasteiger partial charge is 0.496 e. The minimum absolute atomic E-state index is 0.0368. The summed E-state index contributed by atoms with van der Waals surface area (Å²) in [7, 11) is -2.16. The zero-order valence-corrected chi connectivity index (χ0v) is 18.4. The van der Waals surface area contributed by atoms with E-state index in [0.29, 0.717) is 17.8 Å². The van der Waals surface area contributed by atoms with Crippen LogP contribution in [0.4, 0.5) is 5.69 Å². The Hall–Kier alpha value is -3.32. The second kappa shape index (κ2) is 10.1. The van der Waals surface area contributed by atoms with Gasteiger partial charge in [0.25, 0.3) is 15.9 Å². The quantitative estimate of drug-likeness (QED) is 0.491. The van der Waals surface area contributed by atoms with E-state index in [2.05, 4.69) is 10.0 Å². The molecule has 31 heavy (non-hydrogen) atoms. The minimum atomic E-state index is -3.79. The third-order valence-corrected chi connectivity index (χ3v) is 6.19. The number of hydrogen-bond acceptors (Lipinski definition) is 4. The maximum atomic E-state index is 12.7. The van der Waals surface area contributed by atoms with E-state index in [1.165, 1.54) is 12.1 Å². The van der Waals surface area contributed by atoms with Crippen LogP contribution in [0.25, 0.3) is 0 Å². The lowest BCUT2D eigenvalue weighted by Crippen LogP contribution is -2.25. The standard InChI is InChI=1S/C24H26N2O4S/c1-18-12-14-21(15-13-18)26-31(28,29)22-10-5-8-20(17-22)24(27)25-16-6-9-19-7-3-4-11-23(19)30-2/h3-5,7-8,10-15,17,26H,6,9,16H2,1-2H3,(H,25,27). The highest BCUT2D eigenvalue weighted by Gasteiger charge is 2.16. The number of ether oxygens (including phenoxy) is 1. The second-order valence-corrected chi connectivity index (χ2v) is 8.85. The number of hydrogen-bond donors (Lipinski definition) is 2. The van der Waals surface area contributed by atoms with E-state index < -0.39 is 10.0 Å². The summed E-state index contributed by atoms with van der Waals surface area (Å²) in [4.78, 5) is 12.5. The third kappa shape index (κ3) is 6.08. The summed E-state index contributed by atoms with van der Waals surface area (Å²) in [5.41, 5.74) is 2.88. The van der Waals surface area contributed by atoms with Crippen LogP contribution in [0.1, 0.15) is 27.9 Å². The summed E-state index contributed by atoms with van der Waals surface area (Å²) in [5, 5.41) is 2.85. The van der Waals surface area contributed by atoms with Gasteiger partial charge in [0.1, 0.15) is 5.75 Å². The number of carbonyl (C=O) groups excluding carboxylic acids is 1. The van der Waals surface area contributed by atoms with Gasteiger partial charge in [-0.2, -0.15) is 0 Å². The maximum absolute atomic E-state index is 12.7. The SMILES string of the molecule is COc1ccccc1CCCNC(=O)c1cccc(S(=O)(=O)Nc2ccc(C)cc2)c1. The normalized spacial score (nSPS) is 11.0. The van der Waals surface area contributed by atoms with E-state index in [0.717, 1.165) is 29.7 Å². The lowest BCUT2D eigenvalue weighted by atomic mass is 10.1. The highest BCUT2D eigenvalue weighted by atomic mass is 32.2. The van der Waals surface area contributed by atoms with Gasteiger partial charge >= 0.3 is 0 Å². The topological polar surface area (TPSA) is 84.5 Å². The van der Waals surface area contributed by atoms with Crippen molar-refractivity contribution >= 4 is 21.6 Å². The predicted octanol–water partition coefficient (Wildman–Crippen LogP) is 4.17. The van der Waals surface area contributed by atoms with Crippen molar-refractivity contribution in [1.82, 2.24) is 5.32 Å². The number of rotatable bonds is 9. The first kappa shape index (κ1) is 22.4. The van der Waals surface area contributed by atoms with E-state index in [-0.39, 0.29) is 10.8 Å². The number of amides is 1. The van der Waals surface area contributed by atoms with E-state index >= 15 is 0 Å². The zero-order chi connectivity index (χ0) is 22.3. The molecule has 1 amide bonds. The zero-order valence-electron chi connectivity index (χ0n) is 17.6. The molecule has 0 bridgehead atoms. The van der Waals surface area contributed by atoms with Crippen LogP contribution in [0, 0.1) is 6.92 Å². The highest BCUT2D eigenvalue weighted by Crippen LogP contribution is 2.19. The molecule has 0 saturated heterocycles. The molecule has 0 aliphatic heterocycles. The Morgan fingerprint density at radius 2 is 1.71 bits per heavy atom. The van der Waals surface area contributed by atoms with E-state index in [4.69, 9.17) is 4.74 Å². The fourth-order valence-corrected chi connectivity index (χ4v) is 4.24. The van der Waals surface area contributed by atoms with Crippen LogP contribution < -0.4 is 14.8 Å². The molecule has 0 heterocycles. The van der Waals surface area contributed by atoms with Crippen LogP contribution in [0.3, 0.4) is 0 Å². The first-order valence-electron chi connectivity index (χ1n) is 9.99. The van der Waals surface area contributed by atoms with Crippen LogP contribution in [-0.4, -0.2) is 28.0 Å². The van der Waals surface area contributed by atoms with E-state index in [1.807, 2.05) is 43.3 Å². The van der Waals surface area contributed by atoms with Crippen molar-refractivity contribution < 1.29 is 17.9 Å². The molecule has 3 aromatic rings. The molecule has 0 unspecified atom stereocenters. The van der Waals surface area contributed by atoms with Crippen molar-refractivity contribution in [3.05, 3.63) is 89.5 Å². The van der Waals surface area contributed by atoms with Gasteiger partial charge in [-0.1, -0.05) is 42.0 Å². The van der Waals surface area contributed by atoms with Gasteiger partial charge in [-0.3, -0.25) is 9.52 Å². The summed E-state index contributed by atoms with van der Waals surface area (Å²) in [6.45, 7) is 2.40. The summed E-state index contributed by atoms with van der Waals surface area (Å²) < 4.78 is 33.2. The lowest BCUT2D eigenvalue weighted by Gasteiger charge is -2.11. The number of anilines is 1. The van der Waals surface area contributed by atoms with Crippen molar-refractivity contribution in [2.45, 2.75) is 24.7 Å². The lowest BCUT2D eigenvalue weighted by molar-refractivity contribution is 0.0953. The number of para-hydroxylation sites is 1. The molecule has 6 nitrogen and oxygen atoms in total.